The average molecular weight is 929 g/mol. The van der Waals surface area contributed by atoms with Crippen molar-refractivity contribution in [2.75, 3.05) is 42.9 Å². The second kappa shape index (κ2) is 19.9. The highest BCUT2D eigenvalue weighted by molar-refractivity contribution is 7.13. The molecule has 3 unspecified atom stereocenters. The van der Waals surface area contributed by atoms with Crippen LogP contribution in [0.1, 0.15) is 110 Å². The third kappa shape index (κ3) is 11.1. The van der Waals surface area contributed by atoms with E-state index in [0.717, 1.165) is 39.2 Å². The molecule has 13 nitrogen and oxygen atoms in total. The predicted octanol–water partition coefficient (Wildman–Crippen LogP) is 8.76. The second-order valence-electron chi connectivity index (χ2n) is 19.1. The van der Waals surface area contributed by atoms with Gasteiger partial charge in [-0.2, -0.15) is 5.26 Å². The summed E-state index contributed by atoms with van der Waals surface area (Å²) in [4.78, 5) is 61.5. The van der Waals surface area contributed by atoms with Crippen molar-refractivity contribution >= 4 is 46.5 Å². The van der Waals surface area contributed by atoms with Crippen LogP contribution in [0.4, 0.5) is 26.2 Å². The summed E-state index contributed by atoms with van der Waals surface area (Å²) in [6.45, 7) is 11.7. The number of thiazole rings is 1. The first kappa shape index (κ1) is 47.2. The maximum absolute atomic E-state index is 14.3. The fraction of sp³-hybridized carbons (Fsp3) is 0.431. The van der Waals surface area contributed by atoms with Crippen LogP contribution in [0, 0.1) is 23.7 Å². The number of carbonyl (C=O) groups is 3. The molecule has 3 fully saturated rings. The lowest BCUT2D eigenvalue weighted by atomic mass is 9.85. The highest BCUT2D eigenvalue weighted by Gasteiger charge is 2.42. The summed E-state index contributed by atoms with van der Waals surface area (Å²) in [6.07, 6.45) is 3.99. The van der Waals surface area contributed by atoms with Crippen LogP contribution in [0.3, 0.4) is 0 Å². The zero-order chi connectivity index (χ0) is 47.5. The van der Waals surface area contributed by atoms with Gasteiger partial charge in [0.1, 0.15) is 23.5 Å². The number of benzene rings is 2. The van der Waals surface area contributed by atoms with E-state index in [4.69, 9.17) is 0 Å². The maximum atomic E-state index is 14.3. The molecule has 5 aromatic rings. The highest BCUT2D eigenvalue weighted by Crippen LogP contribution is 2.36. The Hall–Kier alpha value is -6.31. The van der Waals surface area contributed by atoms with E-state index in [1.807, 2.05) is 93.6 Å². The number of amides is 3. The van der Waals surface area contributed by atoms with Crippen LogP contribution in [-0.4, -0.2) is 93.2 Å². The minimum Gasteiger partial charge on any atom is -0.350 e. The molecule has 2 aromatic carbocycles. The minimum atomic E-state index is -2.79. The molecule has 3 saturated heterocycles. The fourth-order valence-corrected chi connectivity index (χ4v) is 10.2. The van der Waals surface area contributed by atoms with Crippen LogP contribution < -0.4 is 20.9 Å². The number of rotatable bonds is 13. The van der Waals surface area contributed by atoms with Gasteiger partial charge in [0.05, 0.1) is 46.3 Å². The van der Waals surface area contributed by atoms with Gasteiger partial charge < -0.3 is 30.7 Å². The molecule has 3 atom stereocenters. The molecular formula is C51H58F2N10O3S. The van der Waals surface area contributed by atoms with E-state index in [0.29, 0.717) is 74.0 Å². The SMILES string of the molecule is Cc1ncsc1-c1ccc(C(C)NC(=O)C2CCCN2C(=O)C(NCc2ccc(C(=O)N3CCC(c4cc(Nc5cc(C#N)ccn5)nc(N5CCC(F)(F)C5)c4)CC3)cc2)C(C)(C)C)cc1. The van der Waals surface area contributed by atoms with Crippen molar-refractivity contribution in [1.29, 1.82) is 5.26 Å². The first-order valence-electron chi connectivity index (χ1n) is 23.1. The smallest absolute Gasteiger partial charge is 0.266 e. The molecule has 3 aliphatic rings. The Morgan fingerprint density at radius 1 is 0.940 bits per heavy atom. The molecule has 16 heteroatoms. The van der Waals surface area contributed by atoms with E-state index < -0.39 is 30.0 Å². The van der Waals surface area contributed by atoms with Crippen LogP contribution >= 0.6 is 11.3 Å². The van der Waals surface area contributed by atoms with Crippen molar-refractivity contribution in [2.24, 2.45) is 5.41 Å². The Bertz CT molecular complexity index is 2620. The number of nitrogens with one attached hydrogen (secondary N) is 3. The Morgan fingerprint density at radius 3 is 2.34 bits per heavy atom. The number of halogens is 2. The topological polar surface area (TPSA) is 159 Å². The monoisotopic (exact) mass is 928 g/mol. The van der Waals surface area contributed by atoms with Crippen molar-refractivity contribution in [3.05, 3.63) is 118 Å². The highest BCUT2D eigenvalue weighted by atomic mass is 32.1. The van der Waals surface area contributed by atoms with Gasteiger partial charge in [-0.1, -0.05) is 57.2 Å². The first-order chi connectivity index (χ1) is 32.0. The molecule has 0 saturated carbocycles. The summed E-state index contributed by atoms with van der Waals surface area (Å²) >= 11 is 1.60. The summed E-state index contributed by atoms with van der Waals surface area (Å²) in [5.74, 6) is -1.73. The van der Waals surface area contributed by atoms with Crippen molar-refractivity contribution in [3.8, 4) is 16.5 Å². The molecule has 3 N–H and O–H groups in total. The Kier molecular flexibility index (Phi) is 14.0. The number of hydrogen-bond donors (Lipinski definition) is 3. The van der Waals surface area contributed by atoms with Crippen molar-refractivity contribution in [1.82, 2.24) is 35.4 Å². The quantitative estimate of drug-likeness (QED) is 0.104. The number of nitriles is 1. The third-order valence-corrected chi connectivity index (χ3v) is 14.1. The normalized spacial score (nSPS) is 18.4. The zero-order valence-electron chi connectivity index (χ0n) is 38.7. The Balaban J connectivity index is 0.862. The molecule has 8 rings (SSSR count). The van der Waals surface area contributed by atoms with Crippen LogP contribution in [0.25, 0.3) is 10.4 Å². The van der Waals surface area contributed by atoms with Gasteiger partial charge in [0.15, 0.2) is 0 Å². The molecule has 0 radical (unpaired) electrons. The van der Waals surface area contributed by atoms with E-state index in [-0.39, 0.29) is 42.6 Å². The number of anilines is 3. The van der Waals surface area contributed by atoms with Gasteiger partial charge in [-0.3, -0.25) is 14.4 Å². The van der Waals surface area contributed by atoms with Gasteiger partial charge in [-0.15, -0.1) is 11.3 Å². The molecule has 6 heterocycles. The molecule has 3 amide bonds. The lowest BCUT2D eigenvalue weighted by molar-refractivity contribution is -0.142. The number of piperidine rings is 1. The molecule has 67 heavy (non-hydrogen) atoms. The zero-order valence-corrected chi connectivity index (χ0v) is 39.5. The number of likely N-dealkylation sites (tertiary alicyclic amines) is 2. The van der Waals surface area contributed by atoms with Crippen molar-refractivity contribution < 1.29 is 23.2 Å². The summed E-state index contributed by atoms with van der Waals surface area (Å²) < 4.78 is 28.6. The molecular weight excluding hydrogens is 871 g/mol. The average Bonchev–Trinajstić information content (AvgIpc) is 4.08. The van der Waals surface area contributed by atoms with Gasteiger partial charge in [0.25, 0.3) is 11.8 Å². The van der Waals surface area contributed by atoms with Crippen LogP contribution in [-0.2, 0) is 16.1 Å². The molecule has 3 aliphatic heterocycles. The van der Waals surface area contributed by atoms with E-state index >= 15 is 0 Å². The maximum Gasteiger partial charge on any atom is 0.266 e. The van der Waals surface area contributed by atoms with Crippen molar-refractivity contribution in [3.63, 3.8) is 0 Å². The number of hydrogen-bond acceptors (Lipinski definition) is 11. The Morgan fingerprint density at radius 2 is 1.69 bits per heavy atom. The number of carbonyl (C=O) groups excluding carboxylic acids is 3. The van der Waals surface area contributed by atoms with Gasteiger partial charge in [-0.05, 0) is 110 Å². The lowest BCUT2D eigenvalue weighted by Gasteiger charge is -2.36. The molecule has 350 valence electrons. The number of aryl methyl sites for hydroxylation is 1. The summed E-state index contributed by atoms with van der Waals surface area (Å²) in [6, 6.07) is 23.4. The van der Waals surface area contributed by atoms with E-state index in [2.05, 4.69) is 49.1 Å². The predicted molar refractivity (Wildman–Crippen MR) is 256 cm³/mol. The summed E-state index contributed by atoms with van der Waals surface area (Å²) in [5.41, 5.74) is 7.31. The van der Waals surface area contributed by atoms with E-state index in [9.17, 15) is 28.4 Å². The van der Waals surface area contributed by atoms with Gasteiger partial charge in [0, 0.05) is 50.9 Å². The van der Waals surface area contributed by atoms with Crippen LogP contribution in [0.5, 0.6) is 0 Å². The number of aromatic nitrogens is 3. The molecule has 0 bridgehead atoms. The largest absolute Gasteiger partial charge is 0.350 e. The summed E-state index contributed by atoms with van der Waals surface area (Å²) in [7, 11) is 0. The number of pyridine rings is 2. The Labute approximate surface area is 395 Å². The minimum absolute atomic E-state index is 0.0659. The van der Waals surface area contributed by atoms with Gasteiger partial charge >= 0.3 is 0 Å². The fourth-order valence-electron chi connectivity index (χ4n) is 9.34. The third-order valence-electron chi connectivity index (χ3n) is 13.2. The van der Waals surface area contributed by atoms with Gasteiger partial charge in [0.2, 0.25) is 11.8 Å². The molecule has 3 aromatic heterocycles. The lowest BCUT2D eigenvalue weighted by Crippen LogP contribution is -2.56. The number of alkyl halides is 2. The van der Waals surface area contributed by atoms with Crippen LogP contribution in [0.2, 0.25) is 0 Å². The first-order valence-corrected chi connectivity index (χ1v) is 23.9. The molecule has 0 aliphatic carbocycles. The standard InChI is InChI=1S/C51H58F2N10O3S/c1-32(36-12-14-38(15-13-36)45-33(2)57-31-67-45)58-47(64)41-7-6-21-63(41)49(66)46(50(3,4)5)56-29-34-8-10-39(11-9-34)48(65)61-22-17-37(18-23-61)40-26-43(59-42-25-35(28-54)16-20-55-42)60-44(27-40)62-24-19-51(52,53)30-62/h8-16,20,25-27,31-32,37,41,46,56H,6-7,17-19,21-24,29-30H2,1-5H3,(H,58,64)(H,55,59,60). The second-order valence-corrected chi connectivity index (χ2v) is 19.9. The van der Waals surface area contributed by atoms with Gasteiger partial charge in [-0.25, -0.2) is 23.7 Å². The molecule has 0 spiro atoms. The van der Waals surface area contributed by atoms with Crippen molar-refractivity contribution in [2.45, 2.75) is 103 Å². The van der Waals surface area contributed by atoms with E-state index in [1.165, 1.54) is 6.20 Å². The summed E-state index contributed by atoms with van der Waals surface area (Å²) in [5, 5.41) is 19.2. The van der Waals surface area contributed by atoms with Crippen LogP contribution in [0.15, 0.2) is 84.5 Å². The van der Waals surface area contributed by atoms with E-state index in [1.54, 1.807) is 33.3 Å². The number of nitrogens with zero attached hydrogens (tertiary/aromatic N) is 7.